The van der Waals surface area contributed by atoms with Crippen LogP contribution in [0.5, 0.6) is 0 Å². The summed E-state index contributed by atoms with van der Waals surface area (Å²) in [6.45, 7) is 5.96. The predicted molar refractivity (Wildman–Crippen MR) is 56.3 cm³/mol. The number of nitriles is 1. The van der Waals surface area contributed by atoms with Crippen LogP contribution in [0.25, 0.3) is 0 Å². The van der Waals surface area contributed by atoms with Gasteiger partial charge in [-0.1, -0.05) is 19.9 Å². The lowest BCUT2D eigenvalue weighted by molar-refractivity contribution is 1.21. The molecule has 0 aliphatic rings. The van der Waals surface area contributed by atoms with E-state index in [0.717, 1.165) is 16.8 Å². The van der Waals surface area contributed by atoms with E-state index >= 15 is 0 Å². The fourth-order valence-electron chi connectivity index (χ4n) is 1.00. The van der Waals surface area contributed by atoms with Crippen molar-refractivity contribution in [3.63, 3.8) is 0 Å². The van der Waals surface area contributed by atoms with Crippen LogP contribution in [0, 0.1) is 18.3 Å². The average molecular weight is 176 g/mol. The number of hydrogen-bond acceptors (Lipinski definition) is 2. The summed E-state index contributed by atoms with van der Waals surface area (Å²) < 4.78 is 0. The van der Waals surface area contributed by atoms with E-state index in [4.69, 9.17) is 11.0 Å². The molecule has 0 spiro atoms. The standard InChI is InChI=1S/C9H10N2.C2H6/c1-7-6-9(11)3-2-8(7)4-5-10;1-2/h2-3,6H,4,11H2,1H3;1-2H3. The van der Waals surface area contributed by atoms with Gasteiger partial charge in [-0.25, -0.2) is 0 Å². The van der Waals surface area contributed by atoms with Gasteiger partial charge in [-0.15, -0.1) is 0 Å². The van der Waals surface area contributed by atoms with E-state index < -0.39 is 0 Å². The van der Waals surface area contributed by atoms with Crippen molar-refractivity contribution < 1.29 is 0 Å². The molecule has 0 atom stereocenters. The largest absolute Gasteiger partial charge is 0.399 e. The van der Waals surface area contributed by atoms with Gasteiger partial charge in [0.1, 0.15) is 0 Å². The molecule has 70 valence electrons. The summed E-state index contributed by atoms with van der Waals surface area (Å²) in [7, 11) is 0. The molecule has 13 heavy (non-hydrogen) atoms. The molecule has 0 saturated carbocycles. The molecule has 0 saturated heterocycles. The molecule has 0 aliphatic heterocycles. The second-order valence-electron chi connectivity index (χ2n) is 2.52. The van der Waals surface area contributed by atoms with Gasteiger partial charge in [0, 0.05) is 5.69 Å². The van der Waals surface area contributed by atoms with E-state index in [-0.39, 0.29) is 0 Å². The first-order valence-corrected chi connectivity index (χ1v) is 4.46. The van der Waals surface area contributed by atoms with E-state index in [9.17, 15) is 0 Å². The van der Waals surface area contributed by atoms with Crippen LogP contribution in [0.4, 0.5) is 5.69 Å². The van der Waals surface area contributed by atoms with Gasteiger partial charge in [0.15, 0.2) is 0 Å². The van der Waals surface area contributed by atoms with Crippen LogP contribution in [0.1, 0.15) is 25.0 Å². The highest BCUT2D eigenvalue weighted by atomic mass is 14.5. The molecule has 2 nitrogen and oxygen atoms in total. The number of aryl methyl sites for hydroxylation is 1. The Labute approximate surface area is 80.0 Å². The van der Waals surface area contributed by atoms with Gasteiger partial charge < -0.3 is 5.73 Å². The summed E-state index contributed by atoms with van der Waals surface area (Å²) in [5.74, 6) is 0. The zero-order valence-corrected chi connectivity index (χ0v) is 8.46. The van der Waals surface area contributed by atoms with Crippen molar-refractivity contribution in [1.29, 1.82) is 5.26 Å². The highest BCUT2D eigenvalue weighted by molar-refractivity contribution is 5.44. The van der Waals surface area contributed by atoms with E-state index in [2.05, 4.69) is 6.07 Å². The number of anilines is 1. The van der Waals surface area contributed by atoms with Gasteiger partial charge in [0.05, 0.1) is 12.5 Å². The molecular weight excluding hydrogens is 160 g/mol. The molecule has 1 aromatic carbocycles. The third kappa shape index (κ3) is 3.62. The lowest BCUT2D eigenvalue weighted by atomic mass is 10.1. The first-order valence-electron chi connectivity index (χ1n) is 4.46. The van der Waals surface area contributed by atoms with Crippen LogP contribution < -0.4 is 5.73 Å². The monoisotopic (exact) mass is 176 g/mol. The molecule has 0 aromatic heterocycles. The van der Waals surface area contributed by atoms with Gasteiger partial charge in [-0.3, -0.25) is 0 Å². The fourth-order valence-corrected chi connectivity index (χ4v) is 1.00. The molecule has 0 radical (unpaired) electrons. The summed E-state index contributed by atoms with van der Waals surface area (Å²) in [5, 5.41) is 8.43. The highest BCUT2D eigenvalue weighted by Gasteiger charge is 1.96. The lowest BCUT2D eigenvalue weighted by Crippen LogP contribution is -1.90. The molecule has 1 rings (SSSR count). The van der Waals surface area contributed by atoms with Gasteiger partial charge >= 0.3 is 0 Å². The van der Waals surface area contributed by atoms with Crippen LogP contribution in [0.2, 0.25) is 0 Å². The molecule has 0 fully saturated rings. The normalized spacial score (nSPS) is 8.15. The summed E-state index contributed by atoms with van der Waals surface area (Å²) in [6, 6.07) is 7.70. The molecule has 0 bridgehead atoms. The van der Waals surface area contributed by atoms with Crippen molar-refractivity contribution in [2.24, 2.45) is 0 Å². The highest BCUT2D eigenvalue weighted by Crippen LogP contribution is 2.12. The number of nitrogen functional groups attached to an aromatic ring is 1. The number of rotatable bonds is 1. The Morgan fingerprint density at radius 2 is 2.00 bits per heavy atom. The molecule has 1 aromatic rings. The Bertz CT molecular complexity index is 297. The fraction of sp³-hybridized carbons (Fsp3) is 0.364. The number of hydrogen-bond donors (Lipinski definition) is 1. The minimum Gasteiger partial charge on any atom is -0.399 e. The van der Waals surface area contributed by atoms with Gasteiger partial charge in [-0.2, -0.15) is 5.26 Å². The zero-order valence-electron chi connectivity index (χ0n) is 8.46. The van der Waals surface area contributed by atoms with Crippen LogP contribution in [-0.4, -0.2) is 0 Å². The van der Waals surface area contributed by atoms with Crippen molar-refractivity contribution in [3.05, 3.63) is 29.3 Å². The van der Waals surface area contributed by atoms with Crippen LogP contribution in [-0.2, 0) is 6.42 Å². The summed E-state index contributed by atoms with van der Waals surface area (Å²) in [4.78, 5) is 0. The van der Waals surface area contributed by atoms with E-state index in [1.54, 1.807) is 0 Å². The quantitative estimate of drug-likeness (QED) is 0.669. The van der Waals surface area contributed by atoms with Crippen molar-refractivity contribution in [2.45, 2.75) is 27.2 Å². The topological polar surface area (TPSA) is 49.8 Å². The van der Waals surface area contributed by atoms with E-state index in [1.807, 2.05) is 39.0 Å². The van der Waals surface area contributed by atoms with Crippen molar-refractivity contribution >= 4 is 5.69 Å². The minimum absolute atomic E-state index is 0.464. The summed E-state index contributed by atoms with van der Waals surface area (Å²) in [6.07, 6.45) is 0.464. The smallest absolute Gasteiger partial charge is 0.0669 e. The molecule has 2 heteroatoms. The minimum atomic E-state index is 0.464. The molecular formula is C11H16N2. The van der Waals surface area contributed by atoms with Crippen LogP contribution in [0.15, 0.2) is 18.2 Å². The van der Waals surface area contributed by atoms with Crippen molar-refractivity contribution in [1.82, 2.24) is 0 Å². The molecule has 0 unspecified atom stereocenters. The molecule has 2 N–H and O–H groups in total. The van der Waals surface area contributed by atoms with Gasteiger partial charge in [-0.05, 0) is 30.2 Å². The first-order chi connectivity index (χ1) is 6.24. The summed E-state index contributed by atoms with van der Waals surface area (Å²) in [5.41, 5.74) is 8.44. The molecule has 0 amide bonds. The van der Waals surface area contributed by atoms with E-state index in [1.165, 1.54) is 0 Å². The van der Waals surface area contributed by atoms with Gasteiger partial charge in [0.2, 0.25) is 0 Å². The number of benzene rings is 1. The van der Waals surface area contributed by atoms with Crippen molar-refractivity contribution in [2.75, 3.05) is 5.73 Å². The maximum atomic E-state index is 8.43. The lowest BCUT2D eigenvalue weighted by Gasteiger charge is -2.00. The SMILES string of the molecule is CC.Cc1cc(N)ccc1CC#N. The third-order valence-corrected chi connectivity index (χ3v) is 1.64. The van der Waals surface area contributed by atoms with Gasteiger partial charge in [0.25, 0.3) is 0 Å². The number of nitrogens with zero attached hydrogens (tertiary/aromatic N) is 1. The van der Waals surface area contributed by atoms with Crippen LogP contribution in [0.3, 0.4) is 0 Å². The Morgan fingerprint density at radius 3 is 2.46 bits per heavy atom. The zero-order chi connectivity index (χ0) is 10.3. The Hall–Kier alpha value is -1.49. The average Bonchev–Trinajstić information content (AvgIpc) is 2.14. The van der Waals surface area contributed by atoms with E-state index in [0.29, 0.717) is 6.42 Å². The Morgan fingerprint density at radius 1 is 1.38 bits per heavy atom. The Kier molecular flexibility index (Phi) is 5.38. The summed E-state index contributed by atoms with van der Waals surface area (Å²) >= 11 is 0. The molecule has 0 heterocycles. The molecule has 0 aliphatic carbocycles. The Balaban J connectivity index is 0.000000671. The maximum Gasteiger partial charge on any atom is 0.0669 e. The maximum absolute atomic E-state index is 8.43. The second-order valence-corrected chi connectivity index (χ2v) is 2.52. The number of nitrogens with two attached hydrogens (primary N) is 1. The van der Waals surface area contributed by atoms with Crippen LogP contribution >= 0.6 is 0 Å². The first kappa shape index (κ1) is 11.5. The third-order valence-electron chi connectivity index (χ3n) is 1.64. The second kappa shape index (κ2) is 6.07. The van der Waals surface area contributed by atoms with Crippen molar-refractivity contribution in [3.8, 4) is 6.07 Å². The predicted octanol–water partition coefficient (Wildman–Crippen LogP) is 2.67.